The summed E-state index contributed by atoms with van der Waals surface area (Å²) in [5.41, 5.74) is 2.13. The molecule has 0 aromatic heterocycles. The van der Waals surface area contributed by atoms with E-state index in [9.17, 15) is 9.18 Å². The van der Waals surface area contributed by atoms with Gasteiger partial charge in [-0.15, -0.1) is 0 Å². The number of methoxy groups -OCH3 is 1. The van der Waals surface area contributed by atoms with Crippen LogP contribution in [0.15, 0.2) is 42.5 Å². The second-order valence-electron chi connectivity index (χ2n) is 5.25. The Morgan fingerprint density at radius 2 is 2.00 bits per heavy atom. The number of amides is 2. The van der Waals surface area contributed by atoms with Gasteiger partial charge in [0.1, 0.15) is 0 Å². The summed E-state index contributed by atoms with van der Waals surface area (Å²) in [5.74, 6) is -0.315. The smallest absolute Gasteiger partial charge is 0.319 e. The molecule has 0 aliphatic carbocycles. The maximum Gasteiger partial charge on any atom is 0.319 e. The van der Waals surface area contributed by atoms with Crippen LogP contribution in [0.3, 0.4) is 0 Å². The van der Waals surface area contributed by atoms with Gasteiger partial charge in [0.25, 0.3) is 0 Å². The zero-order chi connectivity index (χ0) is 17.5. The van der Waals surface area contributed by atoms with Crippen molar-refractivity contribution in [3.63, 3.8) is 0 Å². The Balaban J connectivity index is 1.96. The summed E-state index contributed by atoms with van der Waals surface area (Å²) in [5, 5.41) is 14.1. The molecule has 0 heterocycles. The Morgan fingerprint density at radius 1 is 1.29 bits per heavy atom. The molecule has 2 N–H and O–H groups in total. The van der Waals surface area contributed by atoms with E-state index in [1.807, 2.05) is 0 Å². The Bertz CT molecular complexity index is 754. The molecule has 0 aliphatic rings. The number of nitrogens with zero attached hydrogens (tertiary/aromatic N) is 1. The van der Waals surface area contributed by atoms with Gasteiger partial charge in [-0.1, -0.05) is 18.2 Å². The van der Waals surface area contributed by atoms with Crippen molar-refractivity contribution in [1.29, 1.82) is 5.26 Å². The standard InChI is InChI=1S/C18H18FN3O2/c1-12(14-5-8-17(24-2)16(19)11-14)21-18(23)22-15-6-3-13(4-7-15)9-10-20/h3-8,11-12H,9H2,1-2H3,(H2,21,22,23). The maximum atomic E-state index is 13.7. The van der Waals surface area contributed by atoms with E-state index in [1.54, 1.807) is 37.3 Å². The Kier molecular flexibility index (Phi) is 5.74. The molecule has 0 saturated carbocycles. The second-order valence-corrected chi connectivity index (χ2v) is 5.25. The van der Waals surface area contributed by atoms with Crippen LogP contribution in [0.4, 0.5) is 14.9 Å². The molecule has 24 heavy (non-hydrogen) atoms. The number of benzene rings is 2. The first-order valence-electron chi connectivity index (χ1n) is 7.40. The molecule has 0 fully saturated rings. The number of hydrogen-bond acceptors (Lipinski definition) is 3. The highest BCUT2D eigenvalue weighted by molar-refractivity contribution is 5.89. The molecule has 0 bridgehead atoms. The van der Waals surface area contributed by atoms with Crippen LogP contribution in [0, 0.1) is 17.1 Å². The highest BCUT2D eigenvalue weighted by Crippen LogP contribution is 2.21. The predicted molar refractivity (Wildman–Crippen MR) is 89.3 cm³/mol. The van der Waals surface area contributed by atoms with E-state index in [2.05, 4.69) is 16.7 Å². The largest absolute Gasteiger partial charge is 0.494 e. The Labute approximate surface area is 140 Å². The van der Waals surface area contributed by atoms with Crippen molar-refractivity contribution in [2.75, 3.05) is 12.4 Å². The van der Waals surface area contributed by atoms with E-state index >= 15 is 0 Å². The van der Waals surface area contributed by atoms with E-state index in [4.69, 9.17) is 10.00 Å². The van der Waals surface area contributed by atoms with Gasteiger partial charge in [-0.05, 0) is 42.3 Å². The molecule has 2 amide bonds. The molecule has 2 aromatic carbocycles. The SMILES string of the molecule is COc1ccc(C(C)NC(=O)Nc2ccc(CC#N)cc2)cc1F. The van der Waals surface area contributed by atoms with E-state index in [0.717, 1.165) is 5.56 Å². The molecule has 1 unspecified atom stereocenters. The lowest BCUT2D eigenvalue weighted by molar-refractivity contribution is 0.249. The molecule has 2 aromatic rings. The minimum Gasteiger partial charge on any atom is -0.494 e. The van der Waals surface area contributed by atoms with Crippen molar-refractivity contribution < 1.29 is 13.9 Å². The molecule has 6 heteroatoms. The van der Waals surface area contributed by atoms with Gasteiger partial charge in [-0.2, -0.15) is 5.26 Å². The fourth-order valence-electron chi connectivity index (χ4n) is 2.20. The van der Waals surface area contributed by atoms with Gasteiger partial charge in [0.05, 0.1) is 25.6 Å². The summed E-state index contributed by atoms with van der Waals surface area (Å²) in [6.45, 7) is 1.76. The van der Waals surface area contributed by atoms with E-state index in [0.29, 0.717) is 17.7 Å². The van der Waals surface area contributed by atoms with Crippen molar-refractivity contribution in [3.8, 4) is 11.8 Å². The van der Waals surface area contributed by atoms with Crippen LogP contribution in [0.25, 0.3) is 0 Å². The summed E-state index contributed by atoms with van der Waals surface area (Å²) >= 11 is 0. The second kappa shape index (κ2) is 7.97. The van der Waals surface area contributed by atoms with Gasteiger partial charge < -0.3 is 15.4 Å². The number of hydrogen-bond donors (Lipinski definition) is 2. The van der Waals surface area contributed by atoms with Gasteiger partial charge >= 0.3 is 6.03 Å². The highest BCUT2D eigenvalue weighted by Gasteiger charge is 2.12. The summed E-state index contributed by atoms with van der Waals surface area (Å²) in [6, 6.07) is 12.9. The molecule has 124 valence electrons. The van der Waals surface area contributed by atoms with Crippen molar-refractivity contribution >= 4 is 11.7 Å². The highest BCUT2D eigenvalue weighted by atomic mass is 19.1. The average molecular weight is 327 g/mol. The zero-order valence-corrected chi connectivity index (χ0v) is 13.5. The van der Waals surface area contributed by atoms with Crippen molar-refractivity contribution in [1.82, 2.24) is 5.32 Å². The number of nitriles is 1. The third-order valence-corrected chi connectivity index (χ3v) is 3.52. The Morgan fingerprint density at radius 3 is 2.58 bits per heavy atom. The van der Waals surface area contributed by atoms with Crippen molar-refractivity contribution in [3.05, 3.63) is 59.4 Å². The van der Waals surface area contributed by atoms with E-state index < -0.39 is 11.8 Å². The number of anilines is 1. The van der Waals surface area contributed by atoms with Crippen LogP contribution in [-0.2, 0) is 6.42 Å². The zero-order valence-electron chi connectivity index (χ0n) is 13.5. The molecule has 1 atom stereocenters. The van der Waals surface area contributed by atoms with Gasteiger partial charge in [-0.3, -0.25) is 0 Å². The minimum absolute atomic E-state index is 0.160. The molecule has 0 saturated heterocycles. The predicted octanol–water partition coefficient (Wildman–Crippen LogP) is 3.78. The van der Waals surface area contributed by atoms with Gasteiger partial charge in [0.15, 0.2) is 11.6 Å². The van der Waals surface area contributed by atoms with Crippen LogP contribution in [-0.4, -0.2) is 13.1 Å². The molecule has 2 rings (SSSR count). The number of carbonyl (C=O) groups is 1. The normalized spacial score (nSPS) is 11.2. The van der Waals surface area contributed by atoms with Crippen LogP contribution in [0.1, 0.15) is 24.1 Å². The first kappa shape index (κ1) is 17.3. The van der Waals surface area contributed by atoms with Crippen LogP contribution < -0.4 is 15.4 Å². The monoisotopic (exact) mass is 327 g/mol. The third kappa shape index (κ3) is 4.46. The number of nitrogens with one attached hydrogen (secondary N) is 2. The fourth-order valence-corrected chi connectivity index (χ4v) is 2.20. The first-order chi connectivity index (χ1) is 11.5. The van der Waals surface area contributed by atoms with Crippen LogP contribution in [0.5, 0.6) is 5.75 Å². The Hall–Kier alpha value is -3.07. The topological polar surface area (TPSA) is 74.2 Å². The molecule has 0 radical (unpaired) electrons. The first-order valence-corrected chi connectivity index (χ1v) is 7.40. The number of carbonyl (C=O) groups excluding carboxylic acids is 1. The minimum atomic E-state index is -0.475. The summed E-state index contributed by atoms with van der Waals surface area (Å²) in [6.07, 6.45) is 0.326. The molecule has 0 spiro atoms. The lowest BCUT2D eigenvalue weighted by atomic mass is 10.1. The average Bonchev–Trinajstić information content (AvgIpc) is 2.56. The van der Waals surface area contributed by atoms with Crippen LogP contribution >= 0.6 is 0 Å². The molecule has 0 aliphatic heterocycles. The molecular weight excluding hydrogens is 309 g/mol. The number of rotatable bonds is 5. The summed E-state index contributed by atoms with van der Waals surface area (Å²) < 4.78 is 18.6. The van der Waals surface area contributed by atoms with Crippen molar-refractivity contribution in [2.45, 2.75) is 19.4 Å². The van der Waals surface area contributed by atoms with Gasteiger partial charge in [-0.25, -0.2) is 9.18 Å². The van der Waals surface area contributed by atoms with E-state index in [1.165, 1.54) is 19.2 Å². The number of ether oxygens (including phenoxy) is 1. The van der Waals surface area contributed by atoms with Crippen LogP contribution in [0.2, 0.25) is 0 Å². The molecular formula is C18H18FN3O2. The lowest BCUT2D eigenvalue weighted by Crippen LogP contribution is -2.31. The van der Waals surface area contributed by atoms with Gasteiger partial charge in [0.2, 0.25) is 0 Å². The van der Waals surface area contributed by atoms with Gasteiger partial charge in [0, 0.05) is 5.69 Å². The summed E-state index contributed by atoms with van der Waals surface area (Å²) in [4.78, 5) is 12.0. The number of halogens is 1. The molecule has 5 nitrogen and oxygen atoms in total. The maximum absolute atomic E-state index is 13.7. The number of urea groups is 1. The quantitative estimate of drug-likeness (QED) is 0.877. The lowest BCUT2D eigenvalue weighted by Gasteiger charge is -2.16. The van der Waals surface area contributed by atoms with E-state index in [-0.39, 0.29) is 11.8 Å². The summed E-state index contributed by atoms with van der Waals surface area (Å²) in [7, 11) is 1.40. The third-order valence-electron chi connectivity index (χ3n) is 3.52. The fraction of sp³-hybridized carbons (Fsp3) is 0.222. The van der Waals surface area contributed by atoms with Crippen molar-refractivity contribution in [2.24, 2.45) is 0 Å².